The Morgan fingerprint density at radius 1 is 1.44 bits per heavy atom. The molecule has 4 unspecified atom stereocenters. The van der Waals surface area contributed by atoms with Gasteiger partial charge in [-0.1, -0.05) is 26.0 Å². The number of ether oxygens (including phenoxy) is 2. The summed E-state index contributed by atoms with van der Waals surface area (Å²) in [6.45, 7) is 10.3. The number of guanidine groups is 1. The quantitative estimate of drug-likeness (QED) is 0.636. The van der Waals surface area contributed by atoms with E-state index in [0.29, 0.717) is 24.6 Å². The number of aliphatic imine (C=N–C) groups is 1. The first-order chi connectivity index (χ1) is 11.9. The van der Waals surface area contributed by atoms with Crippen molar-refractivity contribution < 1.29 is 9.47 Å². The minimum Gasteiger partial charge on any atom is -0.489 e. The second kappa shape index (κ2) is 7.24. The van der Waals surface area contributed by atoms with Crippen molar-refractivity contribution in [1.82, 2.24) is 10.6 Å². The molecule has 1 aromatic carbocycles. The minimum atomic E-state index is 0.0531. The zero-order valence-electron chi connectivity index (χ0n) is 16.0. The SMILES string of the molecule is CN=C(NCC(C)Oc1cccc(C)c1)NC1C2CCOC2C1(C)C. The summed E-state index contributed by atoms with van der Waals surface area (Å²) in [5, 5.41) is 6.99. The first kappa shape index (κ1) is 18.1. The molecule has 2 N–H and O–H groups in total. The predicted molar refractivity (Wildman–Crippen MR) is 101 cm³/mol. The normalized spacial score (nSPS) is 28.7. The molecule has 0 aromatic heterocycles. The number of fused-ring (bicyclic) bond motifs is 1. The lowest BCUT2D eigenvalue weighted by molar-refractivity contribution is -0.106. The second-order valence-electron chi connectivity index (χ2n) is 7.89. The summed E-state index contributed by atoms with van der Waals surface area (Å²) in [7, 11) is 1.82. The van der Waals surface area contributed by atoms with E-state index in [2.05, 4.69) is 55.5 Å². The Morgan fingerprint density at radius 3 is 2.96 bits per heavy atom. The molecule has 1 aliphatic heterocycles. The summed E-state index contributed by atoms with van der Waals surface area (Å²) in [5.74, 6) is 2.33. The lowest BCUT2D eigenvalue weighted by Gasteiger charge is -2.54. The molecule has 0 bridgehead atoms. The third-order valence-electron chi connectivity index (χ3n) is 5.50. The van der Waals surface area contributed by atoms with Gasteiger partial charge in [0.15, 0.2) is 5.96 Å². The number of rotatable bonds is 5. The maximum absolute atomic E-state index is 5.98. The van der Waals surface area contributed by atoms with Crippen molar-refractivity contribution in [3.8, 4) is 5.75 Å². The summed E-state index contributed by atoms with van der Waals surface area (Å²) < 4.78 is 11.8. The third-order valence-corrected chi connectivity index (χ3v) is 5.50. The van der Waals surface area contributed by atoms with Crippen molar-refractivity contribution in [2.45, 2.75) is 52.4 Å². The van der Waals surface area contributed by atoms with Crippen LogP contribution < -0.4 is 15.4 Å². The van der Waals surface area contributed by atoms with Crippen LogP contribution >= 0.6 is 0 Å². The minimum absolute atomic E-state index is 0.0531. The molecule has 0 spiro atoms. The fourth-order valence-corrected chi connectivity index (χ4v) is 4.16. The van der Waals surface area contributed by atoms with E-state index in [1.165, 1.54) is 5.56 Å². The number of hydrogen-bond acceptors (Lipinski definition) is 3. The van der Waals surface area contributed by atoms with Gasteiger partial charge in [-0.15, -0.1) is 0 Å². The predicted octanol–water partition coefficient (Wildman–Crippen LogP) is 2.74. The fraction of sp³-hybridized carbons (Fsp3) is 0.650. The summed E-state index contributed by atoms with van der Waals surface area (Å²) in [6.07, 6.45) is 1.57. The lowest BCUT2D eigenvalue weighted by atomic mass is 9.57. The molecule has 138 valence electrons. The van der Waals surface area contributed by atoms with E-state index in [9.17, 15) is 0 Å². The van der Waals surface area contributed by atoms with Crippen molar-refractivity contribution in [2.24, 2.45) is 16.3 Å². The van der Waals surface area contributed by atoms with Crippen LogP contribution in [-0.4, -0.2) is 44.4 Å². The topological polar surface area (TPSA) is 54.9 Å². The molecule has 0 amide bonds. The Balaban J connectivity index is 1.49. The zero-order valence-corrected chi connectivity index (χ0v) is 16.0. The van der Waals surface area contributed by atoms with Gasteiger partial charge >= 0.3 is 0 Å². The number of benzene rings is 1. The van der Waals surface area contributed by atoms with Gasteiger partial charge < -0.3 is 20.1 Å². The highest BCUT2D eigenvalue weighted by Crippen LogP contribution is 2.52. The van der Waals surface area contributed by atoms with E-state index in [4.69, 9.17) is 9.47 Å². The zero-order chi connectivity index (χ0) is 18.0. The molecular weight excluding hydrogens is 314 g/mol. The van der Waals surface area contributed by atoms with Crippen LogP contribution in [0.25, 0.3) is 0 Å². The molecule has 1 heterocycles. The Labute approximate surface area is 151 Å². The Morgan fingerprint density at radius 2 is 2.24 bits per heavy atom. The highest BCUT2D eigenvalue weighted by Gasteiger charge is 2.59. The van der Waals surface area contributed by atoms with Gasteiger partial charge in [0.2, 0.25) is 0 Å². The van der Waals surface area contributed by atoms with E-state index >= 15 is 0 Å². The highest BCUT2D eigenvalue weighted by molar-refractivity contribution is 5.80. The van der Waals surface area contributed by atoms with Gasteiger partial charge in [0.05, 0.1) is 12.6 Å². The number of aryl methyl sites for hydroxylation is 1. The molecule has 1 saturated heterocycles. The Bertz CT molecular complexity index is 629. The van der Waals surface area contributed by atoms with Gasteiger partial charge in [0.1, 0.15) is 11.9 Å². The van der Waals surface area contributed by atoms with Gasteiger partial charge in [-0.2, -0.15) is 0 Å². The Kier molecular flexibility index (Phi) is 5.23. The second-order valence-corrected chi connectivity index (χ2v) is 7.89. The average Bonchev–Trinajstić information content (AvgIpc) is 3.02. The maximum Gasteiger partial charge on any atom is 0.191 e. The molecule has 5 nitrogen and oxygen atoms in total. The molecule has 3 rings (SSSR count). The highest BCUT2D eigenvalue weighted by atomic mass is 16.5. The van der Waals surface area contributed by atoms with Gasteiger partial charge in [0.25, 0.3) is 0 Å². The van der Waals surface area contributed by atoms with Crippen molar-refractivity contribution >= 4 is 5.96 Å². The maximum atomic E-state index is 5.98. The van der Waals surface area contributed by atoms with E-state index in [1.807, 2.05) is 19.2 Å². The number of hydrogen-bond donors (Lipinski definition) is 2. The van der Waals surface area contributed by atoms with Gasteiger partial charge in [-0.3, -0.25) is 4.99 Å². The van der Waals surface area contributed by atoms with Crippen LogP contribution in [0, 0.1) is 18.3 Å². The van der Waals surface area contributed by atoms with Crippen LogP contribution in [0.3, 0.4) is 0 Å². The van der Waals surface area contributed by atoms with Crippen molar-refractivity contribution in [2.75, 3.05) is 20.2 Å². The molecule has 4 atom stereocenters. The molecule has 1 aromatic rings. The first-order valence-electron chi connectivity index (χ1n) is 9.24. The third kappa shape index (κ3) is 3.76. The smallest absolute Gasteiger partial charge is 0.191 e. The van der Waals surface area contributed by atoms with Crippen LogP contribution in [0.4, 0.5) is 0 Å². The van der Waals surface area contributed by atoms with Crippen LogP contribution in [0.1, 0.15) is 32.8 Å². The van der Waals surface area contributed by atoms with E-state index in [0.717, 1.165) is 24.7 Å². The standard InChI is InChI=1S/C20H31N3O2/c1-13-7-6-8-15(11-13)25-14(2)12-22-19(21-5)23-17-16-9-10-24-18(16)20(17,3)4/h6-8,11,14,16-18H,9-10,12H2,1-5H3,(H2,21,22,23). The molecule has 5 heteroatoms. The van der Waals surface area contributed by atoms with Crippen molar-refractivity contribution in [1.29, 1.82) is 0 Å². The molecule has 1 aliphatic carbocycles. The summed E-state index contributed by atoms with van der Waals surface area (Å²) >= 11 is 0. The van der Waals surface area contributed by atoms with Crippen LogP contribution in [0.2, 0.25) is 0 Å². The molecule has 2 aliphatic rings. The van der Waals surface area contributed by atoms with Gasteiger partial charge in [0, 0.05) is 31.0 Å². The van der Waals surface area contributed by atoms with Crippen molar-refractivity contribution in [3.63, 3.8) is 0 Å². The Hall–Kier alpha value is -1.75. The molecule has 2 fully saturated rings. The van der Waals surface area contributed by atoms with E-state index < -0.39 is 0 Å². The van der Waals surface area contributed by atoms with E-state index in [1.54, 1.807) is 0 Å². The average molecular weight is 345 g/mol. The van der Waals surface area contributed by atoms with Gasteiger partial charge in [-0.05, 0) is 38.0 Å². The van der Waals surface area contributed by atoms with Crippen molar-refractivity contribution in [3.05, 3.63) is 29.8 Å². The molecular formula is C20H31N3O2. The van der Waals surface area contributed by atoms with Crippen LogP contribution in [0.15, 0.2) is 29.3 Å². The molecule has 0 radical (unpaired) electrons. The first-order valence-corrected chi connectivity index (χ1v) is 9.24. The van der Waals surface area contributed by atoms with Gasteiger partial charge in [-0.25, -0.2) is 0 Å². The molecule has 1 saturated carbocycles. The fourth-order valence-electron chi connectivity index (χ4n) is 4.16. The largest absolute Gasteiger partial charge is 0.489 e. The summed E-state index contributed by atoms with van der Waals surface area (Å²) in [6, 6.07) is 8.54. The number of nitrogens with one attached hydrogen (secondary N) is 2. The molecule has 25 heavy (non-hydrogen) atoms. The van der Waals surface area contributed by atoms with E-state index in [-0.39, 0.29) is 11.5 Å². The summed E-state index contributed by atoms with van der Waals surface area (Å²) in [5.41, 5.74) is 1.35. The monoisotopic (exact) mass is 345 g/mol. The number of nitrogens with zero attached hydrogens (tertiary/aromatic N) is 1. The summed E-state index contributed by atoms with van der Waals surface area (Å²) in [4.78, 5) is 4.38. The lowest BCUT2D eigenvalue weighted by Crippen LogP contribution is -2.68. The van der Waals surface area contributed by atoms with Crippen LogP contribution in [-0.2, 0) is 4.74 Å². The van der Waals surface area contributed by atoms with Crippen LogP contribution in [0.5, 0.6) is 5.75 Å².